The Morgan fingerprint density at radius 2 is 2.12 bits per heavy atom. The molecule has 0 fully saturated rings. The zero-order valence-corrected chi connectivity index (χ0v) is 13.6. The Morgan fingerprint density at radius 3 is 3.00 bits per heavy atom. The summed E-state index contributed by atoms with van der Waals surface area (Å²) >= 11 is 0. The van der Waals surface area contributed by atoms with Gasteiger partial charge in [0.25, 0.3) is 0 Å². The minimum atomic E-state index is 0.402. The van der Waals surface area contributed by atoms with Crippen LogP contribution < -0.4 is 15.8 Å². The smallest absolute Gasteiger partial charge is 0.193 e. The highest BCUT2D eigenvalue weighted by Crippen LogP contribution is 2.16. The molecule has 1 heterocycles. The monoisotopic (exact) mass is 323 g/mol. The first-order chi connectivity index (χ1) is 11.8. The Balaban J connectivity index is 1.52. The first-order valence-electron chi connectivity index (χ1n) is 7.87. The van der Waals surface area contributed by atoms with E-state index in [1.165, 1.54) is 0 Å². The number of nitrogens with zero attached hydrogens (tertiary/aromatic N) is 3. The second-order valence-electron chi connectivity index (χ2n) is 5.40. The fourth-order valence-corrected chi connectivity index (χ4v) is 2.52. The number of nitrogens with two attached hydrogens (primary N) is 1. The van der Waals surface area contributed by atoms with Gasteiger partial charge in [-0.05, 0) is 30.7 Å². The summed E-state index contributed by atoms with van der Waals surface area (Å²) < 4.78 is 7.32. The number of rotatable bonds is 6. The lowest BCUT2D eigenvalue weighted by molar-refractivity contribution is 0.415. The van der Waals surface area contributed by atoms with Crippen LogP contribution in [0.3, 0.4) is 0 Å². The van der Waals surface area contributed by atoms with E-state index in [0.717, 1.165) is 35.4 Å². The summed E-state index contributed by atoms with van der Waals surface area (Å²) in [6.45, 7) is 1.51. The van der Waals surface area contributed by atoms with Gasteiger partial charge in [0, 0.05) is 24.8 Å². The number of fused-ring (bicyclic) bond motifs is 1. The van der Waals surface area contributed by atoms with E-state index >= 15 is 0 Å². The summed E-state index contributed by atoms with van der Waals surface area (Å²) in [5, 5.41) is 3.07. The highest BCUT2D eigenvalue weighted by Gasteiger charge is 2.01. The first-order valence-corrected chi connectivity index (χ1v) is 7.87. The summed E-state index contributed by atoms with van der Waals surface area (Å²) in [6.07, 6.45) is 2.76. The summed E-state index contributed by atoms with van der Waals surface area (Å²) in [6, 6.07) is 15.7. The van der Waals surface area contributed by atoms with Gasteiger partial charge in [0.15, 0.2) is 5.96 Å². The number of hydrogen-bond donors (Lipinski definition) is 2. The van der Waals surface area contributed by atoms with Crippen molar-refractivity contribution >= 4 is 22.7 Å². The van der Waals surface area contributed by atoms with Crippen LogP contribution in [0, 0.1) is 0 Å². The Morgan fingerprint density at radius 1 is 1.25 bits per heavy atom. The van der Waals surface area contributed by atoms with Crippen LogP contribution in [-0.4, -0.2) is 29.2 Å². The standard InChI is InChI=1S/C18H21N5O/c1-24-15-7-4-6-14(12-15)22-18(19)20-10-5-11-23-13-21-16-8-2-3-9-17(16)23/h2-4,6-9,12-13H,5,10-11H2,1H3,(H3,19,20,22). The van der Waals surface area contributed by atoms with E-state index < -0.39 is 0 Å². The molecule has 124 valence electrons. The molecule has 0 atom stereocenters. The van der Waals surface area contributed by atoms with Crippen molar-refractivity contribution in [1.82, 2.24) is 9.55 Å². The topological polar surface area (TPSA) is 77.5 Å². The van der Waals surface area contributed by atoms with Crippen molar-refractivity contribution in [2.45, 2.75) is 13.0 Å². The molecule has 3 rings (SSSR count). The van der Waals surface area contributed by atoms with Gasteiger partial charge in [-0.2, -0.15) is 0 Å². The molecule has 6 nitrogen and oxygen atoms in total. The second kappa shape index (κ2) is 7.50. The molecule has 0 spiro atoms. The summed E-state index contributed by atoms with van der Waals surface area (Å²) in [5.41, 5.74) is 8.94. The number of aryl methyl sites for hydroxylation is 1. The van der Waals surface area contributed by atoms with E-state index in [1.807, 2.05) is 48.8 Å². The van der Waals surface area contributed by atoms with Crippen molar-refractivity contribution in [3.63, 3.8) is 0 Å². The molecular formula is C18H21N5O. The van der Waals surface area contributed by atoms with Crippen LogP contribution in [-0.2, 0) is 6.54 Å². The third kappa shape index (κ3) is 3.84. The van der Waals surface area contributed by atoms with E-state index in [-0.39, 0.29) is 0 Å². The highest BCUT2D eigenvalue weighted by atomic mass is 16.5. The SMILES string of the molecule is COc1cccc(NC(N)=NCCCn2cnc3ccccc32)c1. The number of para-hydroxylation sites is 2. The second-order valence-corrected chi connectivity index (χ2v) is 5.40. The molecule has 0 aliphatic rings. The summed E-state index contributed by atoms with van der Waals surface area (Å²) in [5.74, 6) is 1.18. The quantitative estimate of drug-likeness (QED) is 0.415. The molecule has 2 aromatic carbocycles. The van der Waals surface area contributed by atoms with E-state index in [0.29, 0.717) is 12.5 Å². The van der Waals surface area contributed by atoms with Crippen LogP contribution in [0.4, 0.5) is 5.69 Å². The number of methoxy groups -OCH3 is 1. The third-order valence-electron chi connectivity index (χ3n) is 3.71. The number of nitrogens with one attached hydrogen (secondary N) is 1. The van der Waals surface area contributed by atoms with Crippen molar-refractivity contribution in [1.29, 1.82) is 0 Å². The number of anilines is 1. The predicted octanol–water partition coefficient (Wildman–Crippen LogP) is 2.86. The zero-order chi connectivity index (χ0) is 16.8. The molecule has 0 aliphatic carbocycles. The van der Waals surface area contributed by atoms with Gasteiger partial charge in [-0.15, -0.1) is 0 Å². The summed E-state index contributed by atoms with van der Waals surface area (Å²) in [4.78, 5) is 8.75. The molecule has 24 heavy (non-hydrogen) atoms. The maximum atomic E-state index is 5.93. The van der Waals surface area contributed by atoms with Crippen LogP contribution in [0.2, 0.25) is 0 Å². The minimum Gasteiger partial charge on any atom is -0.497 e. The Bertz CT molecular complexity index is 840. The van der Waals surface area contributed by atoms with Gasteiger partial charge < -0.3 is 20.4 Å². The fourth-order valence-electron chi connectivity index (χ4n) is 2.52. The van der Waals surface area contributed by atoms with Gasteiger partial charge in [-0.1, -0.05) is 18.2 Å². The maximum absolute atomic E-state index is 5.93. The van der Waals surface area contributed by atoms with Crippen molar-refractivity contribution < 1.29 is 4.74 Å². The number of ether oxygens (including phenoxy) is 1. The molecule has 0 unspecified atom stereocenters. The Labute approximate surface area is 141 Å². The lowest BCUT2D eigenvalue weighted by Crippen LogP contribution is -2.23. The lowest BCUT2D eigenvalue weighted by Gasteiger charge is -2.07. The number of hydrogen-bond acceptors (Lipinski definition) is 3. The van der Waals surface area contributed by atoms with Gasteiger partial charge in [0.05, 0.1) is 24.5 Å². The fraction of sp³-hybridized carbons (Fsp3) is 0.222. The van der Waals surface area contributed by atoms with E-state index in [4.69, 9.17) is 10.5 Å². The van der Waals surface area contributed by atoms with Gasteiger partial charge in [0.2, 0.25) is 0 Å². The minimum absolute atomic E-state index is 0.402. The maximum Gasteiger partial charge on any atom is 0.193 e. The molecule has 0 aliphatic heterocycles. The number of imidazole rings is 1. The number of aliphatic imine (C=N–C) groups is 1. The van der Waals surface area contributed by atoms with Crippen LogP contribution in [0.25, 0.3) is 11.0 Å². The molecule has 3 N–H and O–H groups in total. The van der Waals surface area contributed by atoms with Crippen molar-refractivity contribution in [2.75, 3.05) is 19.0 Å². The molecule has 3 aromatic rings. The van der Waals surface area contributed by atoms with Crippen LogP contribution in [0.15, 0.2) is 59.9 Å². The van der Waals surface area contributed by atoms with Crippen LogP contribution in [0.1, 0.15) is 6.42 Å². The van der Waals surface area contributed by atoms with Crippen LogP contribution >= 0.6 is 0 Å². The lowest BCUT2D eigenvalue weighted by atomic mass is 10.3. The molecule has 1 aromatic heterocycles. The molecule has 0 radical (unpaired) electrons. The average Bonchev–Trinajstić information content (AvgIpc) is 3.02. The molecule has 0 saturated carbocycles. The van der Waals surface area contributed by atoms with Gasteiger partial charge in [0.1, 0.15) is 5.75 Å². The van der Waals surface area contributed by atoms with E-state index in [2.05, 4.69) is 25.9 Å². The molecular weight excluding hydrogens is 302 g/mol. The predicted molar refractivity (Wildman–Crippen MR) is 97.5 cm³/mol. The highest BCUT2D eigenvalue weighted by molar-refractivity contribution is 5.92. The van der Waals surface area contributed by atoms with Gasteiger partial charge in [-0.25, -0.2) is 4.98 Å². The number of benzene rings is 2. The van der Waals surface area contributed by atoms with E-state index in [1.54, 1.807) is 7.11 Å². The average molecular weight is 323 g/mol. The Kier molecular flexibility index (Phi) is 4.96. The Hall–Kier alpha value is -3.02. The van der Waals surface area contributed by atoms with Crippen molar-refractivity contribution in [2.24, 2.45) is 10.7 Å². The number of guanidine groups is 1. The molecule has 0 saturated heterocycles. The first kappa shape index (κ1) is 15.9. The van der Waals surface area contributed by atoms with Crippen molar-refractivity contribution in [3.8, 4) is 5.75 Å². The third-order valence-corrected chi connectivity index (χ3v) is 3.71. The largest absolute Gasteiger partial charge is 0.497 e. The van der Waals surface area contributed by atoms with Crippen LogP contribution in [0.5, 0.6) is 5.75 Å². The van der Waals surface area contributed by atoms with Crippen molar-refractivity contribution in [3.05, 3.63) is 54.9 Å². The molecule has 0 amide bonds. The summed E-state index contributed by atoms with van der Waals surface area (Å²) in [7, 11) is 1.64. The molecule has 0 bridgehead atoms. The van der Waals surface area contributed by atoms with E-state index in [9.17, 15) is 0 Å². The normalized spacial score (nSPS) is 11.6. The van der Waals surface area contributed by atoms with Gasteiger partial charge >= 0.3 is 0 Å². The number of aromatic nitrogens is 2. The van der Waals surface area contributed by atoms with Gasteiger partial charge in [-0.3, -0.25) is 4.99 Å². The zero-order valence-electron chi connectivity index (χ0n) is 13.6. The molecule has 6 heteroatoms.